The molecule has 6 heteroatoms. The van der Waals surface area contributed by atoms with Crippen molar-refractivity contribution >= 4 is 5.97 Å². The first-order valence-electron chi connectivity index (χ1n) is 6.02. The fourth-order valence-corrected chi connectivity index (χ4v) is 2.05. The van der Waals surface area contributed by atoms with Gasteiger partial charge < -0.3 is 10.1 Å². The number of aromatic amines is 1. The maximum atomic E-state index is 12.1. The molecule has 0 fully saturated rings. The molecule has 1 aromatic carbocycles. The fraction of sp³-hybridized carbons (Fsp3) is 0.0714. The molecule has 6 nitrogen and oxygen atoms in total. The van der Waals surface area contributed by atoms with Crippen LogP contribution in [0.15, 0.2) is 47.5 Å². The third-order valence-electron chi connectivity index (χ3n) is 2.98. The van der Waals surface area contributed by atoms with Crippen molar-refractivity contribution in [1.29, 1.82) is 0 Å². The number of nitrogens with one attached hydrogen (secondary N) is 1. The zero-order chi connectivity index (χ0) is 14.1. The van der Waals surface area contributed by atoms with Gasteiger partial charge in [0, 0.05) is 12.4 Å². The molecule has 2 aliphatic heterocycles. The zero-order valence-electron chi connectivity index (χ0n) is 10.4. The predicted molar refractivity (Wildman–Crippen MR) is 72.1 cm³/mol. The standard InChI is InChI=1S/C14H11N3O3/c18-13(19)6-10-14(20)17-8-11(15-7-12(17)16-10)9-4-2-1-3-5-9/h1-5,7-8,15H,6H2,(H,18,19). The average molecular weight is 269 g/mol. The maximum absolute atomic E-state index is 12.1. The first kappa shape index (κ1) is 12.2. The van der Waals surface area contributed by atoms with Crippen molar-refractivity contribution in [2.75, 3.05) is 0 Å². The molecule has 2 N–H and O–H groups in total. The highest BCUT2D eigenvalue weighted by Gasteiger charge is 2.17. The van der Waals surface area contributed by atoms with E-state index in [1.54, 1.807) is 12.4 Å². The van der Waals surface area contributed by atoms with Gasteiger partial charge in [-0.3, -0.25) is 14.2 Å². The number of imidazole rings is 1. The van der Waals surface area contributed by atoms with Crippen molar-refractivity contribution < 1.29 is 9.90 Å². The largest absolute Gasteiger partial charge is 0.481 e. The number of carboxylic acid groups (broad SMARTS) is 1. The summed E-state index contributed by atoms with van der Waals surface area (Å²) in [5.41, 5.74) is 1.33. The highest BCUT2D eigenvalue weighted by atomic mass is 16.4. The summed E-state index contributed by atoms with van der Waals surface area (Å²) in [6.07, 6.45) is 2.85. The summed E-state index contributed by atoms with van der Waals surface area (Å²) in [5, 5.41) is 8.75. The molecule has 0 amide bonds. The van der Waals surface area contributed by atoms with Gasteiger partial charge in [-0.05, 0) is 5.56 Å². The Labute approximate surface area is 113 Å². The van der Waals surface area contributed by atoms with Crippen LogP contribution >= 0.6 is 0 Å². The predicted octanol–water partition coefficient (Wildman–Crippen LogP) is 1.29. The maximum Gasteiger partial charge on any atom is 0.309 e. The minimum absolute atomic E-state index is 0.0381. The van der Waals surface area contributed by atoms with Crippen molar-refractivity contribution in [3.05, 3.63) is 58.8 Å². The molecule has 0 aliphatic carbocycles. The van der Waals surface area contributed by atoms with Crippen LogP contribution in [0.2, 0.25) is 0 Å². The smallest absolute Gasteiger partial charge is 0.309 e. The third-order valence-corrected chi connectivity index (χ3v) is 2.98. The highest BCUT2D eigenvalue weighted by Crippen LogP contribution is 2.17. The van der Waals surface area contributed by atoms with Crippen molar-refractivity contribution in [3.8, 4) is 17.1 Å². The molecule has 20 heavy (non-hydrogen) atoms. The Morgan fingerprint density at radius 1 is 1.30 bits per heavy atom. The number of benzene rings is 1. The Bertz CT molecular complexity index is 789. The Morgan fingerprint density at radius 3 is 2.75 bits per heavy atom. The number of rotatable bonds is 3. The van der Waals surface area contributed by atoms with Gasteiger partial charge in [-0.25, -0.2) is 4.98 Å². The van der Waals surface area contributed by atoms with Crippen LogP contribution < -0.4 is 5.56 Å². The minimum atomic E-state index is -1.07. The van der Waals surface area contributed by atoms with Gasteiger partial charge in [0.2, 0.25) is 0 Å². The summed E-state index contributed by atoms with van der Waals surface area (Å²) < 4.78 is 1.36. The summed E-state index contributed by atoms with van der Waals surface area (Å²) in [6, 6.07) is 9.53. The quantitative estimate of drug-likeness (QED) is 0.750. The number of carbonyl (C=O) groups is 1. The molecule has 2 heterocycles. The van der Waals surface area contributed by atoms with Gasteiger partial charge in [-0.1, -0.05) is 30.3 Å². The third kappa shape index (κ3) is 2.07. The van der Waals surface area contributed by atoms with Crippen LogP contribution in [0.25, 0.3) is 17.1 Å². The Morgan fingerprint density at radius 2 is 2.05 bits per heavy atom. The van der Waals surface area contributed by atoms with Crippen molar-refractivity contribution in [2.45, 2.75) is 6.42 Å². The van der Waals surface area contributed by atoms with Gasteiger partial charge in [0.1, 0.15) is 5.69 Å². The van der Waals surface area contributed by atoms with Gasteiger partial charge in [0.05, 0.1) is 12.1 Å². The molecule has 0 bridgehead atoms. The van der Waals surface area contributed by atoms with Gasteiger partial charge in [0.15, 0.2) is 5.82 Å². The lowest BCUT2D eigenvalue weighted by Gasteiger charge is -2.05. The van der Waals surface area contributed by atoms with Crippen LogP contribution in [-0.4, -0.2) is 25.6 Å². The highest BCUT2D eigenvalue weighted by molar-refractivity contribution is 5.69. The number of aromatic nitrogens is 3. The Kier molecular flexibility index (Phi) is 2.83. The molecule has 0 radical (unpaired) electrons. The van der Waals surface area contributed by atoms with Gasteiger partial charge >= 0.3 is 5.97 Å². The minimum Gasteiger partial charge on any atom is -0.481 e. The second-order valence-corrected chi connectivity index (χ2v) is 4.36. The number of hydrogen-bond acceptors (Lipinski definition) is 3. The lowest BCUT2D eigenvalue weighted by molar-refractivity contribution is -0.136. The Hall–Kier alpha value is -2.89. The summed E-state index contributed by atoms with van der Waals surface area (Å²) in [6.45, 7) is 0. The van der Waals surface area contributed by atoms with Crippen LogP contribution in [-0.2, 0) is 11.2 Å². The van der Waals surface area contributed by atoms with Gasteiger partial charge in [0.25, 0.3) is 5.56 Å². The van der Waals surface area contributed by atoms with Crippen molar-refractivity contribution in [1.82, 2.24) is 14.5 Å². The first-order valence-corrected chi connectivity index (χ1v) is 6.02. The normalized spacial score (nSPS) is 10.8. The monoisotopic (exact) mass is 269 g/mol. The number of carboxylic acids is 1. The molecular formula is C14H11N3O3. The molecule has 0 spiro atoms. The van der Waals surface area contributed by atoms with E-state index in [0.29, 0.717) is 5.82 Å². The molecule has 0 saturated carbocycles. The topological polar surface area (TPSA) is 88.0 Å². The molecule has 1 aromatic rings. The first-order chi connectivity index (χ1) is 9.65. The second kappa shape index (κ2) is 4.65. The number of fused-ring (bicyclic) bond motifs is 1. The number of aliphatic carboxylic acids is 1. The van der Waals surface area contributed by atoms with Gasteiger partial charge in [-0.2, -0.15) is 0 Å². The van der Waals surface area contributed by atoms with E-state index < -0.39 is 11.5 Å². The summed E-state index contributed by atoms with van der Waals surface area (Å²) in [7, 11) is 0. The van der Waals surface area contributed by atoms with Crippen LogP contribution in [0, 0.1) is 0 Å². The van der Waals surface area contributed by atoms with Crippen LogP contribution in [0.1, 0.15) is 5.69 Å². The molecule has 2 aliphatic rings. The Balaban J connectivity index is 2.12. The number of hydrogen-bond donors (Lipinski definition) is 2. The molecule has 0 unspecified atom stereocenters. The molecule has 100 valence electrons. The van der Waals surface area contributed by atoms with E-state index in [1.165, 1.54) is 4.57 Å². The summed E-state index contributed by atoms with van der Waals surface area (Å²) in [5.74, 6) is -0.663. The summed E-state index contributed by atoms with van der Waals surface area (Å²) in [4.78, 5) is 29.8. The van der Waals surface area contributed by atoms with E-state index >= 15 is 0 Å². The lowest BCUT2D eigenvalue weighted by Crippen LogP contribution is -2.17. The lowest BCUT2D eigenvalue weighted by atomic mass is 10.2. The molecule has 0 saturated heterocycles. The number of nitrogens with zero attached hydrogens (tertiary/aromatic N) is 2. The molecular weight excluding hydrogens is 258 g/mol. The van der Waals surface area contributed by atoms with Crippen molar-refractivity contribution in [3.63, 3.8) is 0 Å². The van der Waals surface area contributed by atoms with E-state index in [1.807, 2.05) is 30.3 Å². The fourth-order valence-electron chi connectivity index (χ4n) is 2.05. The number of H-pyrrole nitrogens is 1. The average Bonchev–Trinajstić information content (AvgIpc) is 2.75. The van der Waals surface area contributed by atoms with E-state index in [9.17, 15) is 9.59 Å². The molecule has 0 atom stereocenters. The van der Waals surface area contributed by atoms with Crippen LogP contribution in [0.3, 0.4) is 0 Å². The SMILES string of the molecule is O=C(O)Cc1nc2c[nH]c(-c3ccccc3)cn-2c1=O. The second-order valence-electron chi connectivity index (χ2n) is 4.36. The molecule has 0 aromatic heterocycles. The van der Waals surface area contributed by atoms with E-state index in [4.69, 9.17) is 5.11 Å². The van der Waals surface area contributed by atoms with Crippen molar-refractivity contribution in [2.24, 2.45) is 0 Å². The van der Waals surface area contributed by atoms with Crippen LogP contribution in [0.4, 0.5) is 0 Å². The van der Waals surface area contributed by atoms with E-state index in [-0.39, 0.29) is 12.1 Å². The van der Waals surface area contributed by atoms with Crippen LogP contribution in [0.5, 0.6) is 0 Å². The van der Waals surface area contributed by atoms with E-state index in [2.05, 4.69) is 9.97 Å². The zero-order valence-corrected chi connectivity index (χ0v) is 10.4. The van der Waals surface area contributed by atoms with E-state index in [0.717, 1.165) is 11.3 Å². The summed E-state index contributed by atoms with van der Waals surface area (Å²) >= 11 is 0. The van der Waals surface area contributed by atoms with Gasteiger partial charge in [-0.15, -0.1) is 0 Å². The molecule has 3 rings (SSSR count).